The Morgan fingerprint density at radius 3 is 2.53 bits per heavy atom. The van der Waals surface area contributed by atoms with Crippen molar-refractivity contribution >= 4 is 11.8 Å². The molecule has 198 valence electrons. The first-order chi connectivity index (χ1) is 17.5. The standard InChI is InChI=1S/C30H43NO5/c1-4-5-6-7-8-9-10-11-12-13-25(33)36-30-17-16-22(32)28-29(30)18-19-31(2)24(30)20-21-14-15-23(34-3)27(35-28)26(21)29/h14-15,24,28H,4-13,16-20H2,1-3H3/t24-,28?,29+,30-/m1/s1. The smallest absolute Gasteiger partial charge is 0.306 e. The van der Waals surface area contributed by atoms with Crippen molar-refractivity contribution in [3.05, 3.63) is 23.3 Å². The molecule has 5 rings (SSSR count). The Bertz CT molecular complexity index is 992. The first-order valence-corrected chi connectivity index (χ1v) is 14.3. The fourth-order valence-corrected chi connectivity index (χ4v) is 7.70. The van der Waals surface area contributed by atoms with Gasteiger partial charge in [0.25, 0.3) is 0 Å². The number of likely N-dealkylation sites (tertiary alicyclic amines) is 1. The maximum atomic E-state index is 13.4. The van der Waals surface area contributed by atoms with Crippen LogP contribution >= 0.6 is 0 Å². The molecule has 4 aliphatic rings. The zero-order chi connectivity index (χ0) is 25.3. The van der Waals surface area contributed by atoms with Gasteiger partial charge in [-0.3, -0.25) is 14.5 Å². The monoisotopic (exact) mass is 497 g/mol. The number of methoxy groups -OCH3 is 1. The normalized spacial score (nSPS) is 30.0. The van der Waals surface area contributed by atoms with Crippen molar-refractivity contribution in [1.29, 1.82) is 0 Å². The average Bonchev–Trinajstić information content (AvgIpc) is 3.23. The molecule has 2 fully saturated rings. The fraction of sp³-hybridized carbons (Fsp3) is 0.733. The number of nitrogens with zero attached hydrogens (tertiary/aromatic N) is 1. The van der Waals surface area contributed by atoms with Crippen molar-refractivity contribution in [3.8, 4) is 11.5 Å². The number of unbranched alkanes of at least 4 members (excludes halogenated alkanes) is 8. The average molecular weight is 498 g/mol. The molecule has 1 unspecified atom stereocenters. The van der Waals surface area contributed by atoms with Crippen LogP contribution in [0, 0.1) is 0 Å². The summed E-state index contributed by atoms with van der Waals surface area (Å²) in [4.78, 5) is 29.0. The van der Waals surface area contributed by atoms with E-state index in [1.54, 1.807) is 7.11 Å². The van der Waals surface area contributed by atoms with Gasteiger partial charge in [-0.25, -0.2) is 0 Å². The van der Waals surface area contributed by atoms with E-state index in [0.29, 0.717) is 30.8 Å². The van der Waals surface area contributed by atoms with Crippen LogP contribution in [0.15, 0.2) is 12.1 Å². The minimum Gasteiger partial charge on any atom is -0.493 e. The minimum atomic E-state index is -0.737. The Balaban J connectivity index is 1.33. The highest BCUT2D eigenvalue weighted by Gasteiger charge is 2.75. The first kappa shape index (κ1) is 25.6. The number of hydrogen-bond donors (Lipinski definition) is 0. The summed E-state index contributed by atoms with van der Waals surface area (Å²) in [6.45, 7) is 3.10. The molecule has 2 aliphatic heterocycles. The Labute approximate surface area is 216 Å². The molecule has 1 saturated carbocycles. The third-order valence-corrected chi connectivity index (χ3v) is 9.47. The Kier molecular flexibility index (Phi) is 7.35. The third-order valence-electron chi connectivity index (χ3n) is 9.47. The third kappa shape index (κ3) is 3.95. The van der Waals surface area contributed by atoms with Gasteiger partial charge in [-0.15, -0.1) is 0 Å². The summed E-state index contributed by atoms with van der Waals surface area (Å²) in [5.41, 5.74) is 0.912. The van der Waals surface area contributed by atoms with Crippen molar-refractivity contribution < 1.29 is 23.8 Å². The second-order valence-corrected chi connectivity index (χ2v) is 11.5. The highest BCUT2D eigenvalue weighted by Crippen LogP contribution is 2.66. The molecule has 4 atom stereocenters. The number of carbonyl (C=O) groups excluding carboxylic acids is 2. The summed E-state index contributed by atoms with van der Waals surface area (Å²) in [7, 11) is 3.77. The highest BCUT2D eigenvalue weighted by atomic mass is 16.6. The number of esters is 1. The molecule has 1 spiro atoms. The minimum absolute atomic E-state index is 0.0457. The van der Waals surface area contributed by atoms with Crippen molar-refractivity contribution in [2.24, 2.45) is 0 Å². The fourth-order valence-electron chi connectivity index (χ4n) is 7.70. The first-order valence-electron chi connectivity index (χ1n) is 14.3. The molecule has 0 aromatic heterocycles. The summed E-state index contributed by atoms with van der Waals surface area (Å²) >= 11 is 0. The number of Topliss-reactive ketones (excluding diaryl/α,β-unsaturated/α-hetero) is 1. The van der Waals surface area contributed by atoms with Gasteiger partial charge in [-0.1, -0.05) is 64.4 Å². The Hall–Kier alpha value is -2.08. The van der Waals surface area contributed by atoms with Gasteiger partial charge in [0.15, 0.2) is 23.4 Å². The number of ether oxygens (including phenoxy) is 3. The zero-order valence-corrected chi connectivity index (χ0v) is 22.4. The van der Waals surface area contributed by atoms with Crippen molar-refractivity contribution in [2.45, 2.75) is 120 Å². The van der Waals surface area contributed by atoms with Crippen molar-refractivity contribution in [3.63, 3.8) is 0 Å². The van der Waals surface area contributed by atoms with E-state index in [1.165, 1.54) is 50.5 Å². The van der Waals surface area contributed by atoms with Crippen molar-refractivity contribution in [1.82, 2.24) is 4.90 Å². The van der Waals surface area contributed by atoms with E-state index in [2.05, 4.69) is 24.9 Å². The summed E-state index contributed by atoms with van der Waals surface area (Å²) in [6.07, 6.45) is 13.3. The van der Waals surface area contributed by atoms with E-state index in [-0.39, 0.29) is 17.8 Å². The molecule has 0 amide bonds. The SMILES string of the molecule is CCCCCCCCCCCC(=O)O[C@@]12CCC(=O)C3Oc4c(OC)ccc5c4[C@@]31CCN(C)[C@@H]2C5. The summed E-state index contributed by atoms with van der Waals surface area (Å²) in [5, 5.41) is 0. The quantitative estimate of drug-likeness (QED) is 0.280. The van der Waals surface area contributed by atoms with E-state index < -0.39 is 17.1 Å². The molecular weight excluding hydrogens is 454 g/mol. The maximum Gasteiger partial charge on any atom is 0.306 e. The van der Waals surface area contributed by atoms with Crippen LogP contribution in [0.25, 0.3) is 0 Å². The van der Waals surface area contributed by atoms with E-state index >= 15 is 0 Å². The van der Waals surface area contributed by atoms with Gasteiger partial charge >= 0.3 is 5.97 Å². The Morgan fingerprint density at radius 1 is 1.08 bits per heavy atom. The number of rotatable bonds is 12. The molecular formula is C30H43NO5. The molecule has 2 bridgehead atoms. The lowest BCUT2D eigenvalue weighted by atomic mass is 9.49. The lowest BCUT2D eigenvalue weighted by molar-refractivity contribution is -0.213. The van der Waals surface area contributed by atoms with Crippen molar-refractivity contribution in [2.75, 3.05) is 20.7 Å². The van der Waals surface area contributed by atoms with Gasteiger partial charge in [0.05, 0.1) is 18.6 Å². The molecule has 1 aromatic rings. The molecule has 36 heavy (non-hydrogen) atoms. The van der Waals surface area contributed by atoms with Crippen LogP contribution < -0.4 is 9.47 Å². The van der Waals surface area contributed by atoms with Gasteiger partial charge in [0, 0.05) is 18.4 Å². The molecule has 6 heteroatoms. The Morgan fingerprint density at radius 2 is 1.81 bits per heavy atom. The highest BCUT2D eigenvalue weighted by molar-refractivity contribution is 5.90. The van der Waals surface area contributed by atoms with Gasteiger partial charge in [-0.2, -0.15) is 0 Å². The number of hydrogen-bond acceptors (Lipinski definition) is 6. The van der Waals surface area contributed by atoms with Gasteiger partial charge in [0.1, 0.15) is 5.60 Å². The molecule has 1 saturated heterocycles. The molecule has 0 radical (unpaired) electrons. The molecule has 0 N–H and O–H groups in total. The molecule has 2 aliphatic carbocycles. The lowest BCUT2D eigenvalue weighted by Gasteiger charge is -2.63. The molecule has 2 heterocycles. The van der Waals surface area contributed by atoms with E-state index in [1.807, 2.05) is 6.07 Å². The number of carbonyl (C=O) groups is 2. The van der Waals surface area contributed by atoms with Crippen LogP contribution in [0.4, 0.5) is 0 Å². The van der Waals surface area contributed by atoms with Crippen LogP contribution in [0.5, 0.6) is 11.5 Å². The summed E-state index contributed by atoms with van der Waals surface area (Å²) in [5.74, 6) is 1.36. The van der Waals surface area contributed by atoms with Crippen LogP contribution in [0.1, 0.15) is 102 Å². The maximum absolute atomic E-state index is 13.4. The van der Waals surface area contributed by atoms with Crippen LogP contribution in [0.3, 0.4) is 0 Å². The van der Waals surface area contributed by atoms with Gasteiger partial charge in [-0.05, 0) is 50.9 Å². The second-order valence-electron chi connectivity index (χ2n) is 11.5. The number of likely N-dealkylation sites (N-methyl/N-ethyl adjacent to an activating group) is 1. The topological polar surface area (TPSA) is 65.1 Å². The van der Waals surface area contributed by atoms with Gasteiger partial charge < -0.3 is 14.2 Å². The van der Waals surface area contributed by atoms with Crippen LogP contribution in [0.2, 0.25) is 0 Å². The predicted octanol–water partition coefficient (Wildman–Crippen LogP) is 5.52. The second kappa shape index (κ2) is 10.4. The van der Waals surface area contributed by atoms with Gasteiger partial charge in [0.2, 0.25) is 0 Å². The number of ketones is 1. The molecule has 1 aromatic carbocycles. The number of piperidine rings is 1. The predicted molar refractivity (Wildman–Crippen MR) is 139 cm³/mol. The van der Waals surface area contributed by atoms with E-state index in [0.717, 1.165) is 37.8 Å². The molecule has 6 nitrogen and oxygen atoms in total. The van der Waals surface area contributed by atoms with E-state index in [9.17, 15) is 9.59 Å². The number of benzene rings is 1. The van der Waals surface area contributed by atoms with E-state index in [4.69, 9.17) is 14.2 Å². The summed E-state index contributed by atoms with van der Waals surface area (Å²) in [6, 6.07) is 4.11. The largest absolute Gasteiger partial charge is 0.493 e. The zero-order valence-electron chi connectivity index (χ0n) is 22.4. The van der Waals surface area contributed by atoms with Crippen LogP contribution in [-0.4, -0.2) is 55.1 Å². The van der Waals surface area contributed by atoms with Crippen LogP contribution in [-0.2, 0) is 26.2 Å². The lowest BCUT2D eigenvalue weighted by Crippen LogP contribution is -2.77. The summed E-state index contributed by atoms with van der Waals surface area (Å²) < 4.78 is 18.7.